The number of carbonyl (C=O) groups excluding carboxylic acids is 1. The van der Waals surface area contributed by atoms with Crippen LogP contribution in [0.4, 0.5) is 5.69 Å². The van der Waals surface area contributed by atoms with Gasteiger partial charge in [0, 0.05) is 57.1 Å². The van der Waals surface area contributed by atoms with Crippen LogP contribution in [0.15, 0.2) is 41.1 Å². The summed E-state index contributed by atoms with van der Waals surface area (Å²) in [5.74, 6) is 1.29. The third-order valence-corrected chi connectivity index (χ3v) is 4.87. The smallest absolute Gasteiger partial charge is 0.272 e. The zero-order valence-electron chi connectivity index (χ0n) is 15.5. The number of hydrogen-bond acceptors (Lipinski definition) is 6. The van der Waals surface area contributed by atoms with Gasteiger partial charge in [0.05, 0.1) is 0 Å². The molecule has 1 saturated heterocycles. The van der Waals surface area contributed by atoms with E-state index in [0.717, 1.165) is 30.8 Å². The van der Waals surface area contributed by atoms with Gasteiger partial charge in [0.15, 0.2) is 0 Å². The Morgan fingerprint density at radius 2 is 1.85 bits per heavy atom. The van der Waals surface area contributed by atoms with Gasteiger partial charge in [0.2, 0.25) is 11.7 Å². The molecule has 1 aliphatic rings. The van der Waals surface area contributed by atoms with Gasteiger partial charge in [-0.3, -0.25) is 9.48 Å². The van der Waals surface area contributed by atoms with E-state index in [1.807, 2.05) is 24.0 Å². The number of benzene rings is 1. The number of aryl methyl sites for hydroxylation is 2. The van der Waals surface area contributed by atoms with Crippen LogP contribution in [0.25, 0.3) is 11.4 Å². The first-order valence-corrected chi connectivity index (χ1v) is 9.11. The molecule has 0 spiro atoms. The van der Waals surface area contributed by atoms with Crippen molar-refractivity contribution >= 4 is 11.6 Å². The molecular formula is C19H22N6O2. The van der Waals surface area contributed by atoms with Crippen molar-refractivity contribution in [3.63, 3.8) is 0 Å². The molecule has 1 aromatic carbocycles. The second-order valence-corrected chi connectivity index (χ2v) is 6.53. The number of piperazine rings is 1. The minimum absolute atomic E-state index is 0.0360. The Morgan fingerprint density at radius 3 is 2.44 bits per heavy atom. The number of carbonyl (C=O) groups is 1. The third-order valence-electron chi connectivity index (χ3n) is 4.87. The molecule has 8 nitrogen and oxygen atoms in total. The minimum atomic E-state index is 0.0360. The van der Waals surface area contributed by atoms with Crippen LogP contribution >= 0.6 is 0 Å². The second kappa shape index (κ2) is 7.22. The van der Waals surface area contributed by atoms with Gasteiger partial charge in [-0.15, -0.1) is 0 Å². The first-order chi connectivity index (χ1) is 13.2. The van der Waals surface area contributed by atoms with E-state index < -0.39 is 0 Å². The fraction of sp³-hybridized carbons (Fsp3) is 0.368. The highest BCUT2D eigenvalue weighted by atomic mass is 16.5. The molecular weight excluding hydrogens is 344 g/mol. The summed E-state index contributed by atoms with van der Waals surface area (Å²) in [6.45, 7) is 4.96. The Balaban J connectivity index is 1.39. The van der Waals surface area contributed by atoms with Crippen molar-refractivity contribution in [3.05, 3.63) is 48.1 Å². The zero-order valence-corrected chi connectivity index (χ0v) is 15.5. The monoisotopic (exact) mass is 366 g/mol. The summed E-state index contributed by atoms with van der Waals surface area (Å²) in [7, 11) is 1.79. The molecule has 1 amide bonds. The Hall–Kier alpha value is -3.16. The van der Waals surface area contributed by atoms with Crippen LogP contribution in [0.1, 0.15) is 23.3 Å². The summed E-state index contributed by atoms with van der Waals surface area (Å²) in [4.78, 5) is 21.1. The lowest BCUT2D eigenvalue weighted by molar-refractivity contribution is 0.0735. The summed E-state index contributed by atoms with van der Waals surface area (Å²) in [6.07, 6.45) is 2.38. The van der Waals surface area contributed by atoms with E-state index in [0.29, 0.717) is 30.5 Å². The predicted octanol–water partition coefficient (Wildman–Crippen LogP) is 1.99. The maximum absolute atomic E-state index is 12.6. The van der Waals surface area contributed by atoms with E-state index in [2.05, 4.69) is 32.3 Å². The highest BCUT2D eigenvalue weighted by Gasteiger charge is 2.24. The summed E-state index contributed by atoms with van der Waals surface area (Å²) in [5, 5.41) is 8.09. The van der Waals surface area contributed by atoms with Crippen molar-refractivity contribution in [2.24, 2.45) is 7.05 Å². The summed E-state index contributed by atoms with van der Waals surface area (Å²) < 4.78 is 6.79. The number of aromatic nitrogens is 4. The summed E-state index contributed by atoms with van der Waals surface area (Å²) >= 11 is 0. The van der Waals surface area contributed by atoms with Crippen LogP contribution in [0.2, 0.25) is 0 Å². The predicted molar refractivity (Wildman–Crippen MR) is 100 cm³/mol. The number of rotatable bonds is 4. The highest BCUT2D eigenvalue weighted by molar-refractivity contribution is 5.92. The topological polar surface area (TPSA) is 80.3 Å². The molecule has 0 aliphatic carbocycles. The fourth-order valence-electron chi connectivity index (χ4n) is 3.25. The van der Waals surface area contributed by atoms with E-state index >= 15 is 0 Å². The average molecular weight is 366 g/mol. The van der Waals surface area contributed by atoms with Crippen molar-refractivity contribution in [1.82, 2.24) is 24.8 Å². The highest BCUT2D eigenvalue weighted by Crippen LogP contribution is 2.22. The molecule has 4 rings (SSSR count). The van der Waals surface area contributed by atoms with Gasteiger partial charge in [0.25, 0.3) is 5.91 Å². The van der Waals surface area contributed by atoms with Crippen molar-refractivity contribution in [3.8, 4) is 11.4 Å². The molecule has 0 unspecified atom stereocenters. The molecule has 3 heterocycles. The molecule has 140 valence electrons. The quantitative estimate of drug-likeness (QED) is 0.703. The maximum Gasteiger partial charge on any atom is 0.272 e. The van der Waals surface area contributed by atoms with Crippen LogP contribution in [0, 0.1) is 0 Å². The molecule has 0 radical (unpaired) electrons. The van der Waals surface area contributed by atoms with Crippen molar-refractivity contribution < 1.29 is 9.32 Å². The normalized spacial score (nSPS) is 14.6. The van der Waals surface area contributed by atoms with Crippen LogP contribution in [0.3, 0.4) is 0 Å². The molecule has 3 aromatic rings. The first kappa shape index (κ1) is 17.3. The molecule has 0 saturated carbocycles. The average Bonchev–Trinajstić information content (AvgIpc) is 3.37. The minimum Gasteiger partial charge on any atom is -0.368 e. The molecule has 8 heteroatoms. The first-order valence-electron chi connectivity index (χ1n) is 9.11. The van der Waals surface area contributed by atoms with Gasteiger partial charge in [-0.25, -0.2) is 0 Å². The number of anilines is 1. The Labute approximate surface area is 157 Å². The second-order valence-electron chi connectivity index (χ2n) is 6.53. The van der Waals surface area contributed by atoms with E-state index in [9.17, 15) is 4.79 Å². The largest absolute Gasteiger partial charge is 0.368 e. The molecule has 0 atom stereocenters. The number of amides is 1. The standard InChI is InChI=1S/C19H22N6O2/c1-3-17-21-18(22-27-17)14-4-6-15(7-5-14)24-10-12-25(13-11-24)19(26)16-8-9-20-23(16)2/h4-9H,3,10-13H2,1-2H3. The molecule has 2 aromatic heterocycles. The van der Waals surface area contributed by atoms with Gasteiger partial charge in [0.1, 0.15) is 5.69 Å². The summed E-state index contributed by atoms with van der Waals surface area (Å²) in [6, 6.07) is 9.90. The Kier molecular flexibility index (Phi) is 4.62. The van der Waals surface area contributed by atoms with Gasteiger partial charge in [-0.1, -0.05) is 12.1 Å². The van der Waals surface area contributed by atoms with Gasteiger partial charge in [-0.2, -0.15) is 10.1 Å². The summed E-state index contributed by atoms with van der Waals surface area (Å²) in [5.41, 5.74) is 2.69. The molecule has 0 N–H and O–H groups in total. The number of hydrogen-bond donors (Lipinski definition) is 0. The lowest BCUT2D eigenvalue weighted by atomic mass is 10.1. The van der Waals surface area contributed by atoms with Gasteiger partial charge in [-0.05, 0) is 30.3 Å². The SMILES string of the molecule is CCc1nc(-c2ccc(N3CCN(C(=O)c4ccnn4C)CC3)cc2)no1. The van der Waals surface area contributed by atoms with Crippen molar-refractivity contribution in [2.45, 2.75) is 13.3 Å². The Morgan fingerprint density at radius 1 is 1.11 bits per heavy atom. The van der Waals surface area contributed by atoms with Gasteiger partial charge >= 0.3 is 0 Å². The van der Waals surface area contributed by atoms with Crippen LogP contribution in [-0.4, -0.2) is 56.9 Å². The molecule has 0 bridgehead atoms. The fourth-order valence-corrected chi connectivity index (χ4v) is 3.25. The Bertz CT molecular complexity index is 922. The number of nitrogens with zero attached hydrogens (tertiary/aromatic N) is 6. The van der Waals surface area contributed by atoms with Crippen LogP contribution < -0.4 is 4.90 Å². The van der Waals surface area contributed by atoms with Gasteiger partial charge < -0.3 is 14.3 Å². The maximum atomic E-state index is 12.6. The molecule has 1 fully saturated rings. The van der Waals surface area contributed by atoms with E-state index in [1.54, 1.807) is 24.0 Å². The van der Waals surface area contributed by atoms with Crippen LogP contribution in [0.5, 0.6) is 0 Å². The van der Waals surface area contributed by atoms with E-state index in [-0.39, 0.29) is 5.91 Å². The molecule has 27 heavy (non-hydrogen) atoms. The van der Waals surface area contributed by atoms with Crippen LogP contribution in [-0.2, 0) is 13.5 Å². The molecule has 1 aliphatic heterocycles. The lowest BCUT2D eigenvalue weighted by Gasteiger charge is -2.36. The zero-order chi connectivity index (χ0) is 18.8. The van der Waals surface area contributed by atoms with Crippen molar-refractivity contribution in [1.29, 1.82) is 0 Å². The third kappa shape index (κ3) is 3.42. The lowest BCUT2D eigenvalue weighted by Crippen LogP contribution is -2.49. The van der Waals surface area contributed by atoms with Crippen molar-refractivity contribution in [2.75, 3.05) is 31.1 Å². The van der Waals surface area contributed by atoms with E-state index in [1.165, 1.54) is 0 Å². The van der Waals surface area contributed by atoms with E-state index in [4.69, 9.17) is 4.52 Å².